The number of ether oxygens (including phenoxy) is 2. The average Bonchev–Trinajstić information content (AvgIpc) is 2.48. The molecule has 0 amide bonds. The zero-order valence-corrected chi connectivity index (χ0v) is 12.1. The largest absolute Gasteiger partial charge is 0.497 e. The highest BCUT2D eigenvalue weighted by atomic mass is 16.5. The molecular formula is C16H26NO2+. The first-order valence-corrected chi connectivity index (χ1v) is 7.32. The van der Waals surface area contributed by atoms with Gasteiger partial charge >= 0.3 is 0 Å². The molecule has 2 atom stereocenters. The maximum Gasteiger partial charge on any atom is 0.118 e. The minimum atomic E-state index is 0.449. The van der Waals surface area contributed by atoms with Crippen LogP contribution >= 0.6 is 0 Å². The van der Waals surface area contributed by atoms with Crippen LogP contribution in [-0.2, 0) is 11.2 Å². The Hall–Kier alpha value is -1.06. The van der Waals surface area contributed by atoms with E-state index in [0.29, 0.717) is 12.1 Å². The van der Waals surface area contributed by atoms with Crippen molar-refractivity contribution in [3.8, 4) is 5.75 Å². The van der Waals surface area contributed by atoms with E-state index in [9.17, 15) is 0 Å². The number of rotatable bonds is 6. The lowest BCUT2D eigenvalue weighted by atomic mass is 9.92. The standard InChI is InChI=1S/C16H25NO2/c1-18-14-9-7-13(8-10-14)11-12-17-15-5-3-4-6-16(15)19-2/h7-10,15-17H,3-6,11-12H2,1-2H3/p+1/t15-,16+/m1/s1. The Balaban J connectivity index is 1.75. The summed E-state index contributed by atoms with van der Waals surface area (Å²) in [5.74, 6) is 0.930. The maximum absolute atomic E-state index is 5.59. The summed E-state index contributed by atoms with van der Waals surface area (Å²) in [6.07, 6.45) is 6.74. The van der Waals surface area contributed by atoms with Crippen LogP contribution in [0.3, 0.4) is 0 Å². The van der Waals surface area contributed by atoms with E-state index in [4.69, 9.17) is 9.47 Å². The molecule has 3 nitrogen and oxygen atoms in total. The van der Waals surface area contributed by atoms with Gasteiger partial charge in [0, 0.05) is 20.0 Å². The van der Waals surface area contributed by atoms with E-state index in [2.05, 4.69) is 17.4 Å². The molecule has 0 saturated heterocycles. The van der Waals surface area contributed by atoms with E-state index >= 15 is 0 Å². The highest BCUT2D eigenvalue weighted by Gasteiger charge is 2.27. The van der Waals surface area contributed by atoms with Crippen LogP contribution in [0.2, 0.25) is 0 Å². The highest BCUT2D eigenvalue weighted by Crippen LogP contribution is 2.18. The third-order valence-corrected chi connectivity index (χ3v) is 4.12. The van der Waals surface area contributed by atoms with Gasteiger partial charge in [0.1, 0.15) is 17.9 Å². The maximum atomic E-state index is 5.59. The number of methoxy groups -OCH3 is 2. The van der Waals surface area contributed by atoms with Crippen molar-refractivity contribution < 1.29 is 14.8 Å². The Labute approximate surface area is 116 Å². The Morgan fingerprint density at radius 1 is 1.11 bits per heavy atom. The van der Waals surface area contributed by atoms with Crippen molar-refractivity contribution in [1.29, 1.82) is 0 Å². The highest BCUT2D eigenvalue weighted by molar-refractivity contribution is 5.27. The summed E-state index contributed by atoms with van der Waals surface area (Å²) in [6.45, 7) is 1.14. The van der Waals surface area contributed by atoms with Crippen LogP contribution in [0, 0.1) is 0 Å². The van der Waals surface area contributed by atoms with E-state index in [-0.39, 0.29) is 0 Å². The molecule has 0 aliphatic heterocycles. The van der Waals surface area contributed by atoms with Gasteiger partial charge in [0.15, 0.2) is 0 Å². The van der Waals surface area contributed by atoms with Gasteiger partial charge in [-0.2, -0.15) is 0 Å². The van der Waals surface area contributed by atoms with E-state index in [1.807, 2.05) is 19.2 Å². The first-order chi connectivity index (χ1) is 9.33. The van der Waals surface area contributed by atoms with Gasteiger partial charge in [0.25, 0.3) is 0 Å². The second-order valence-corrected chi connectivity index (χ2v) is 5.34. The molecule has 2 rings (SSSR count). The van der Waals surface area contributed by atoms with Crippen LogP contribution in [0.1, 0.15) is 31.2 Å². The topological polar surface area (TPSA) is 35.1 Å². The van der Waals surface area contributed by atoms with Crippen LogP contribution < -0.4 is 10.1 Å². The second-order valence-electron chi connectivity index (χ2n) is 5.34. The van der Waals surface area contributed by atoms with Crippen LogP contribution in [0.4, 0.5) is 0 Å². The summed E-state index contributed by atoms with van der Waals surface area (Å²) >= 11 is 0. The monoisotopic (exact) mass is 264 g/mol. The molecule has 0 radical (unpaired) electrons. The molecule has 0 bridgehead atoms. The minimum Gasteiger partial charge on any atom is -0.497 e. The predicted octanol–water partition coefficient (Wildman–Crippen LogP) is 1.76. The molecule has 2 N–H and O–H groups in total. The Kier molecular flexibility index (Phi) is 5.67. The molecular weight excluding hydrogens is 238 g/mol. The van der Waals surface area contributed by atoms with Crippen molar-refractivity contribution in [3.05, 3.63) is 29.8 Å². The van der Waals surface area contributed by atoms with E-state index in [1.54, 1.807) is 7.11 Å². The summed E-state index contributed by atoms with van der Waals surface area (Å²) in [5, 5.41) is 2.47. The first kappa shape index (κ1) is 14.4. The predicted molar refractivity (Wildman–Crippen MR) is 76.5 cm³/mol. The zero-order chi connectivity index (χ0) is 13.5. The van der Waals surface area contributed by atoms with Gasteiger partial charge in [0.05, 0.1) is 13.7 Å². The van der Waals surface area contributed by atoms with Crippen LogP contribution in [0.15, 0.2) is 24.3 Å². The van der Waals surface area contributed by atoms with Crippen LogP contribution in [0.5, 0.6) is 5.75 Å². The number of hydrogen-bond acceptors (Lipinski definition) is 2. The lowest BCUT2D eigenvalue weighted by molar-refractivity contribution is -0.698. The smallest absolute Gasteiger partial charge is 0.118 e. The molecule has 0 aromatic heterocycles. The Morgan fingerprint density at radius 3 is 2.53 bits per heavy atom. The molecule has 1 fully saturated rings. The molecule has 3 heteroatoms. The lowest BCUT2D eigenvalue weighted by Crippen LogP contribution is -2.93. The lowest BCUT2D eigenvalue weighted by Gasteiger charge is -2.28. The molecule has 0 unspecified atom stereocenters. The van der Waals surface area contributed by atoms with Gasteiger partial charge in [-0.25, -0.2) is 0 Å². The number of hydrogen-bond donors (Lipinski definition) is 1. The normalized spacial score (nSPS) is 23.3. The molecule has 1 aromatic rings. The quantitative estimate of drug-likeness (QED) is 0.849. The third-order valence-electron chi connectivity index (χ3n) is 4.12. The third kappa shape index (κ3) is 4.22. The van der Waals surface area contributed by atoms with E-state index in [1.165, 1.54) is 31.2 Å². The Bertz CT molecular complexity index is 364. The molecule has 106 valence electrons. The van der Waals surface area contributed by atoms with Crippen molar-refractivity contribution >= 4 is 0 Å². The summed E-state index contributed by atoms with van der Waals surface area (Å²) < 4.78 is 10.8. The van der Waals surface area contributed by atoms with E-state index in [0.717, 1.165) is 18.7 Å². The summed E-state index contributed by atoms with van der Waals surface area (Å²) in [4.78, 5) is 0. The zero-order valence-electron chi connectivity index (χ0n) is 12.1. The summed E-state index contributed by atoms with van der Waals surface area (Å²) in [7, 11) is 3.55. The van der Waals surface area contributed by atoms with Crippen LogP contribution in [-0.4, -0.2) is 32.9 Å². The summed E-state index contributed by atoms with van der Waals surface area (Å²) in [6, 6.07) is 9.03. The fraction of sp³-hybridized carbons (Fsp3) is 0.625. The van der Waals surface area contributed by atoms with Crippen molar-refractivity contribution in [2.24, 2.45) is 0 Å². The average molecular weight is 264 g/mol. The minimum absolute atomic E-state index is 0.449. The molecule has 1 aliphatic rings. The van der Waals surface area contributed by atoms with Gasteiger partial charge in [-0.1, -0.05) is 18.6 Å². The van der Waals surface area contributed by atoms with Gasteiger partial charge < -0.3 is 14.8 Å². The van der Waals surface area contributed by atoms with Gasteiger partial charge in [0.2, 0.25) is 0 Å². The number of quaternary nitrogens is 1. The SMILES string of the molecule is COc1ccc(CC[NH2+][C@@H]2CCCC[C@@H]2OC)cc1. The fourth-order valence-corrected chi connectivity index (χ4v) is 2.94. The van der Waals surface area contributed by atoms with Crippen molar-refractivity contribution in [2.75, 3.05) is 20.8 Å². The van der Waals surface area contributed by atoms with Crippen LogP contribution in [0.25, 0.3) is 0 Å². The van der Waals surface area contributed by atoms with Crippen molar-refractivity contribution in [1.82, 2.24) is 0 Å². The molecule has 1 aromatic carbocycles. The molecule has 19 heavy (non-hydrogen) atoms. The van der Waals surface area contributed by atoms with Gasteiger partial charge in [-0.3, -0.25) is 0 Å². The fourth-order valence-electron chi connectivity index (χ4n) is 2.94. The van der Waals surface area contributed by atoms with Crippen molar-refractivity contribution in [3.63, 3.8) is 0 Å². The molecule has 0 heterocycles. The van der Waals surface area contributed by atoms with Crippen molar-refractivity contribution in [2.45, 2.75) is 44.2 Å². The number of nitrogens with two attached hydrogens (primary N) is 1. The Morgan fingerprint density at radius 2 is 1.84 bits per heavy atom. The summed E-state index contributed by atoms with van der Waals surface area (Å²) in [5.41, 5.74) is 1.38. The van der Waals surface area contributed by atoms with Gasteiger partial charge in [-0.05, 0) is 30.5 Å². The number of benzene rings is 1. The van der Waals surface area contributed by atoms with Gasteiger partial charge in [-0.15, -0.1) is 0 Å². The van der Waals surface area contributed by atoms with E-state index < -0.39 is 0 Å². The molecule has 0 spiro atoms. The first-order valence-electron chi connectivity index (χ1n) is 7.32. The second kappa shape index (κ2) is 7.51. The molecule has 1 aliphatic carbocycles. The molecule has 1 saturated carbocycles.